The number of hydrogen-bond donors (Lipinski definition) is 2. The Morgan fingerprint density at radius 2 is 1.56 bits per heavy atom. The Morgan fingerprint density at radius 1 is 0.960 bits per heavy atom. The minimum atomic E-state index is -0.650. The van der Waals surface area contributed by atoms with Crippen LogP contribution in [0.5, 0.6) is 0 Å². The van der Waals surface area contributed by atoms with E-state index >= 15 is 0 Å². The standard InChI is InChI=1S/C20H30N2O3/c1-13(2)11-18(24)17(12-16-9-7-6-8-10-16)22-20(25)19(14(3)4)21-15(5)23/h6-10,13-14,17,19H,11-12H2,1-5H3,(H,21,23)(H,22,25)/t17-,19-/m0/s1. The summed E-state index contributed by atoms with van der Waals surface area (Å²) < 4.78 is 0. The second-order valence-electron chi connectivity index (χ2n) is 7.24. The summed E-state index contributed by atoms with van der Waals surface area (Å²) in [6, 6.07) is 8.38. The maximum absolute atomic E-state index is 12.6. The van der Waals surface area contributed by atoms with Crippen LogP contribution in [0.1, 0.15) is 46.6 Å². The lowest BCUT2D eigenvalue weighted by Gasteiger charge is -2.25. The molecule has 1 aromatic carbocycles. The Bertz CT molecular complexity index is 582. The molecular weight excluding hydrogens is 316 g/mol. The number of amides is 2. The maximum Gasteiger partial charge on any atom is 0.243 e. The average molecular weight is 346 g/mol. The van der Waals surface area contributed by atoms with Gasteiger partial charge in [0.1, 0.15) is 6.04 Å². The van der Waals surface area contributed by atoms with E-state index in [-0.39, 0.29) is 29.4 Å². The smallest absolute Gasteiger partial charge is 0.243 e. The van der Waals surface area contributed by atoms with Gasteiger partial charge in [-0.1, -0.05) is 58.0 Å². The van der Waals surface area contributed by atoms with Gasteiger partial charge in [0, 0.05) is 13.3 Å². The third-order valence-electron chi connectivity index (χ3n) is 3.91. The first-order valence-corrected chi connectivity index (χ1v) is 8.84. The zero-order valence-corrected chi connectivity index (χ0v) is 15.8. The first-order valence-electron chi connectivity index (χ1n) is 8.84. The van der Waals surface area contributed by atoms with Crippen LogP contribution < -0.4 is 10.6 Å². The Labute approximate surface area is 150 Å². The van der Waals surface area contributed by atoms with Crippen LogP contribution >= 0.6 is 0 Å². The topological polar surface area (TPSA) is 75.3 Å². The van der Waals surface area contributed by atoms with Crippen LogP contribution in [0, 0.1) is 11.8 Å². The molecule has 0 heterocycles. The zero-order chi connectivity index (χ0) is 19.0. The Kier molecular flexibility index (Phi) is 8.32. The van der Waals surface area contributed by atoms with E-state index < -0.39 is 12.1 Å². The summed E-state index contributed by atoms with van der Waals surface area (Å²) in [5.74, 6) is -0.414. The van der Waals surface area contributed by atoms with Gasteiger partial charge in [0.2, 0.25) is 11.8 Å². The van der Waals surface area contributed by atoms with Crippen molar-refractivity contribution in [3.63, 3.8) is 0 Å². The Balaban J connectivity index is 2.92. The molecule has 0 aliphatic rings. The fourth-order valence-corrected chi connectivity index (χ4v) is 2.66. The summed E-state index contributed by atoms with van der Waals surface area (Å²) in [7, 11) is 0. The fourth-order valence-electron chi connectivity index (χ4n) is 2.66. The van der Waals surface area contributed by atoms with Crippen molar-refractivity contribution in [3.05, 3.63) is 35.9 Å². The molecule has 0 radical (unpaired) electrons. The number of carbonyl (C=O) groups is 3. The largest absolute Gasteiger partial charge is 0.344 e. The Hall–Kier alpha value is -2.17. The highest BCUT2D eigenvalue weighted by molar-refractivity contribution is 5.92. The van der Waals surface area contributed by atoms with Gasteiger partial charge in [-0.25, -0.2) is 0 Å². The third-order valence-corrected chi connectivity index (χ3v) is 3.91. The van der Waals surface area contributed by atoms with Crippen LogP contribution in [0.2, 0.25) is 0 Å². The number of ketones is 1. The molecule has 2 atom stereocenters. The van der Waals surface area contributed by atoms with Crippen LogP contribution in [0.3, 0.4) is 0 Å². The van der Waals surface area contributed by atoms with Crippen LogP contribution in [0.15, 0.2) is 30.3 Å². The molecule has 0 aromatic heterocycles. The van der Waals surface area contributed by atoms with Crippen molar-refractivity contribution in [3.8, 4) is 0 Å². The number of nitrogens with one attached hydrogen (secondary N) is 2. The summed E-state index contributed by atoms with van der Waals surface area (Å²) in [6.07, 6.45) is 0.854. The molecule has 0 saturated heterocycles. The molecule has 0 aliphatic heterocycles. The quantitative estimate of drug-likeness (QED) is 0.721. The average Bonchev–Trinajstić information content (AvgIpc) is 2.51. The van der Waals surface area contributed by atoms with E-state index in [9.17, 15) is 14.4 Å². The number of rotatable bonds is 9. The summed E-state index contributed by atoms with van der Waals surface area (Å²) in [6.45, 7) is 9.07. The first-order chi connectivity index (χ1) is 11.7. The second kappa shape index (κ2) is 9.97. The van der Waals surface area contributed by atoms with E-state index in [1.165, 1.54) is 6.92 Å². The summed E-state index contributed by atoms with van der Waals surface area (Å²) in [4.78, 5) is 36.6. The highest BCUT2D eigenvalue weighted by atomic mass is 16.2. The monoisotopic (exact) mass is 346 g/mol. The van der Waals surface area contributed by atoms with E-state index in [1.807, 2.05) is 58.0 Å². The molecule has 1 aromatic rings. The Morgan fingerprint density at radius 3 is 2.04 bits per heavy atom. The van der Waals surface area contributed by atoms with Crippen molar-refractivity contribution in [1.82, 2.24) is 10.6 Å². The molecule has 0 fully saturated rings. The van der Waals surface area contributed by atoms with Gasteiger partial charge in [0.15, 0.2) is 5.78 Å². The van der Waals surface area contributed by atoms with Crippen molar-refractivity contribution in [2.45, 2.75) is 59.5 Å². The molecule has 138 valence electrons. The predicted octanol–water partition coefficient (Wildman–Crippen LogP) is 2.49. The van der Waals surface area contributed by atoms with Gasteiger partial charge in [-0.05, 0) is 23.8 Å². The lowest BCUT2D eigenvalue weighted by Crippen LogP contribution is -2.54. The van der Waals surface area contributed by atoms with Gasteiger partial charge in [0.05, 0.1) is 6.04 Å². The predicted molar refractivity (Wildman–Crippen MR) is 99.0 cm³/mol. The SMILES string of the molecule is CC(=O)N[C@H](C(=O)N[C@@H](Cc1ccccc1)C(=O)CC(C)C)C(C)C. The molecule has 0 unspecified atom stereocenters. The van der Waals surface area contributed by atoms with Crippen LogP contribution in [-0.2, 0) is 20.8 Å². The molecule has 2 amide bonds. The number of hydrogen-bond acceptors (Lipinski definition) is 3. The lowest BCUT2D eigenvalue weighted by atomic mass is 9.95. The maximum atomic E-state index is 12.6. The first kappa shape index (κ1) is 20.9. The minimum Gasteiger partial charge on any atom is -0.344 e. The number of benzene rings is 1. The lowest BCUT2D eigenvalue weighted by molar-refractivity contribution is -0.132. The summed E-state index contributed by atoms with van der Waals surface area (Å²) in [5.41, 5.74) is 0.991. The highest BCUT2D eigenvalue weighted by Gasteiger charge is 2.28. The van der Waals surface area contributed by atoms with Gasteiger partial charge in [-0.2, -0.15) is 0 Å². The molecule has 5 nitrogen and oxygen atoms in total. The molecular formula is C20H30N2O3. The van der Waals surface area contributed by atoms with Gasteiger partial charge in [-0.15, -0.1) is 0 Å². The van der Waals surface area contributed by atoms with Crippen LogP contribution in [0.4, 0.5) is 0 Å². The normalized spacial score (nSPS) is 13.4. The second-order valence-corrected chi connectivity index (χ2v) is 7.24. The van der Waals surface area contributed by atoms with E-state index in [0.717, 1.165) is 5.56 Å². The van der Waals surface area contributed by atoms with Gasteiger partial charge >= 0.3 is 0 Å². The van der Waals surface area contributed by atoms with Crippen molar-refractivity contribution in [2.75, 3.05) is 0 Å². The van der Waals surface area contributed by atoms with Crippen LogP contribution in [-0.4, -0.2) is 29.7 Å². The molecule has 2 N–H and O–H groups in total. The summed E-state index contributed by atoms with van der Waals surface area (Å²) in [5, 5.41) is 5.52. The minimum absolute atomic E-state index is 0.0116. The molecule has 0 spiro atoms. The molecule has 5 heteroatoms. The molecule has 25 heavy (non-hydrogen) atoms. The summed E-state index contributed by atoms with van der Waals surface area (Å²) >= 11 is 0. The van der Waals surface area contributed by atoms with E-state index in [1.54, 1.807) is 0 Å². The number of Topliss-reactive ketones (excluding diaryl/α,β-unsaturated/α-hetero) is 1. The fraction of sp³-hybridized carbons (Fsp3) is 0.550. The van der Waals surface area contributed by atoms with Crippen molar-refractivity contribution in [2.24, 2.45) is 11.8 Å². The third kappa shape index (κ3) is 7.50. The van der Waals surface area contributed by atoms with E-state index in [2.05, 4.69) is 10.6 Å². The van der Waals surface area contributed by atoms with Gasteiger partial charge in [0.25, 0.3) is 0 Å². The van der Waals surface area contributed by atoms with Crippen LogP contribution in [0.25, 0.3) is 0 Å². The molecule has 0 bridgehead atoms. The molecule has 0 aliphatic carbocycles. The van der Waals surface area contributed by atoms with Crippen molar-refractivity contribution < 1.29 is 14.4 Å². The van der Waals surface area contributed by atoms with E-state index in [4.69, 9.17) is 0 Å². The van der Waals surface area contributed by atoms with Gasteiger partial charge in [-0.3, -0.25) is 14.4 Å². The van der Waals surface area contributed by atoms with E-state index in [0.29, 0.717) is 12.8 Å². The zero-order valence-electron chi connectivity index (χ0n) is 15.8. The molecule has 1 rings (SSSR count). The number of carbonyl (C=O) groups excluding carboxylic acids is 3. The van der Waals surface area contributed by atoms with Gasteiger partial charge < -0.3 is 10.6 Å². The molecule has 0 saturated carbocycles. The highest BCUT2D eigenvalue weighted by Crippen LogP contribution is 2.11. The van der Waals surface area contributed by atoms with Crippen molar-refractivity contribution in [1.29, 1.82) is 0 Å². The van der Waals surface area contributed by atoms with Crippen molar-refractivity contribution >= 4 is 17.6 Å².